The van der Waals surface area contributed by atoms with Crippen molar-refractivity contribution in [2.75, 3.05) is 12.3 Å². The fraction of sp³-hybridized carbons (Fsp3) is 0.286. The monoisotopic (exact) mass is 247 g/mol. The zero-order valence-electron chi connectivity index (χ0n) is 10.4. The molecule has 0 radical (unpaired) electrons. The summed E-state index contributed by atoms with van der Waals surface area (Å²) in [4.78, 5) is 1.21. The highest BCUT2D eigenvalue weighted by atomic mass is 32.1. The minimum absolute atomic E-state index is 0.700. The van der Waals surface area contributed by atoms with E-state index in [0.717, 1.165) is 10.8 Å². The van der Waals surface area contributed by atoms with Crippen molar-refractivity contribution in [3.8, 4) is 16.2 Å². The van der Waals surface area contributed by atoms with Gasteiger partial charge in [-0.3, -0.25) is 0 Å². The molecule has 0 bridgehead atoms. The standard InChI is InChI=1S/C14H17NOS/c1-4-16-12-8-9(2)11(7-10(12)3)13-5-6-14(15)17-13/h5-8H,4,15H2,1-3H3. The first-order chi connectivity index (χ1) is 8.11. The van der Waals surface area contributed by atoms with Gasteiger partial charge in [0.1, 0.15) is 5.75 Å². The number of ether oxygens (including phenoxy) is 1. The summed E-state index contributed by atoms with van der Waals surface area (Å²) in [6.07, 6.45) is 0. The Kier molecular flexibility index (Phi) is 3.38. The predicted octanol–water partition coefficient (Wildman–Crippen LogP) is 4.01. The topological polar surface area (TPSA) is 35.2 Å². The highest BCUT2D eigenvalue weighted by molar-refractivity contribution is 7.19. The summed E-state index contributed by atoms with van der Waals surface area (Å²) in [7, 11) is 0. The molecule has 2 N–H and O–H groups in total. The second-order valence-corrected chi connectivity index (χ2v) is 5.18. The number of nitrogens with two attached hydrogens (primary N) is 1. The molecule has 3 heteroatoms. The first-order valence-electron chi connectivity index (χ1n) is 5.71. The minimum Gasteiger partial charge on any atom is -0.494 e. The molecule has 0 aliphatic rings. The van der Waals surface area contributed by atoms with Crippen LogP contribution < -0.4 is 10.5 Å². The molecule has 0 fully saturated rings. The van der Waals surface area contributed by atoms with Gasteiger partial charge in [-0.05, 0) is 61.7 Å². The van der Waals surface area contributed by atoms with Gasteiger partial charge < -0.3 is 10.5 Å². The average molecular weight is 247 g/mol. The number of hydrogen-bond donors (Lipinski definition) is 1. The van der Waals surface area contributed by atoms with Gasteiger partial charge in [-0.25, -0.2) is 0 Å². The van der Waals surface area contributed by atoms with E-state index in [2.05, 4.69) is 32.0 Å². The Bertz CT molecular complexity index is 531. The van der Waals surface area contributed by atoms with Gasteiger partial charge in [-0.1, -0.05) is 0 Å². The first-order valence-corrected chi connectivity index (χ1v) is 6.53. The largest absolute Gasteiger partial charge is 0.494 e. The normalized spacial score (nSPS) is 10.5. The quantitative estimate of drug-likeness (QED) is 0.889. The summed E-state index contributed by atoms with van der Waals surface area (Å²) in [5.41, 5.74) is 9.41. The first kappa shape index (κ1) is 12.0. The molecule has 1 aromatic carbocycles. The summed E-state index contributed by atoms with van der Waals surface area (Å²) >= 11 is 1.62. The van der Waals surface area contributed by atoms with Gasteiger partial charge in [-0.2, -0.15) is 0 Å². The lowest BCUT2D eigenvalue weighted by molar-refractivity contribution is 0.337. The van der Waals surface area contributed by atoms with Gasteiger partial charge in [0.15, 0.2) is 0 Å². The van der Waals surface area contributed by atoms with Crippen molar-refractivity contribution in [3.63, 3.8) is 0 Å². The molecule has 0 unspecified atom stereocenters. The average Bonchev–Trinajstić information content (AvgIpc) is 2.70. The van der Waals surface area contributed by atoms with Gasteiger partial charge in [0.2, 0.25) is 0 Å². The molecule has 1 aromatic heterocycles. The number of hydrogen-bond acceptors (Lipinski definition) is 3. The van der Waals surface area contributed by atoms with E-state index in [9.17, 15) is 0 Å². The van der Waals surface area contributed by atoms with Gasteiger partial charge in [0.05, 0.1) is 11.6 Å². The van der Waals surface area contributed by atoms with Gasteiger partial charge in [0, 0.05) is 4.88 Å². The summed E-state index contributed by atoms with van der Waals surface area (Å²) in [6, 6.07) is 8.29. The zero-order chi connectivity index (χ0) is 12.4. The third kappa shape index (κ3) is 2.44. The summed E-state index contributed by atoms with van der Waals surface area (Å²) < 4.78 is 5.59. The lowest BCUT2D eigenvalue weighted by Gasteiger charge is -2.11. The Morgan fingerprint density at radius 3 is 2.53 bits per heavy atom. The molecule has 2 nitrogen and oxygen atoms in total. The SMILES string of the molecule is CCOc1cc(C)c(-c2ccc(N)s2)cc1C. The van der Waals surface area contributed by atoms with Crippen LogP contribution in [0.4, 0.5) is 5.00 Å². The van der Waals surface area contributed by atoms with Crippen LogP contribution in [0.2, 0.25) is 0 Å². The van der Waals surface area contributed by atoms with Crippen LogP contribution in [0.25, 0.3) is 10.4 Å². The number of rotatable bonds is 3. The van der Waals surface area contributed by atoms with Crippen molar-refractivity contribution in [1.29, 1.82) is 0 Å². The molecule has 0 atom stereocenters. The van der Waals surface area contributed by atoms with E-state index < -0.39 is 0 Å². The molecule has 0 spiro atoms. The van der Waals surface area contributed by atoms with E-state index in [1.54, 1.807) is 11.3 Å². The van der Waals surface area contributed by atoms with E-state index in [1.165, 1.54) is 21.6 Å². The van der Waals surface area contributed by atoms with Crippen LogP contribution >= 0.6 is 11.3 Å². The number of nitrogen functional groups attached to an aromatic ring is 1. The molecular weight excluding hydrogens is 230 g/mol. The maximum Gasteiger partial charge on any atom is 0.122 e. The fourth-order valence-electron chi connectivity index (χ4n) is 1.86. The highest BCUT2D eigenvalue weighted by Crippen LogP contribution is 2.35. The van der Waals surface area contributed by atoms with E-state index in [0.29, 0.717) is 6.61 Å². The smallest absolute Gasteiger partial charge is 0.122 e. The van der Waals surface area contributed by atoms with Crippen molar-refractivity contribution < 1.29 is 4.74 Å². The van der Waals surface area contributed by atoms with E-state index >= 15 is 0 Å². The molecule has 0 saturated heterocycles. The molecule has 90 valence electrons. The molecule has 2 aromatic rings. The van der Waals surface area contributed by atoms with Crippen LogP contribution in [0.15, 0.2) is 24.3 Å². The maximum atomic E-state index is 5.78. The number of aryl methyl sites for hydroxylation is 2. The van der Waals surface area contributed by atoms with Crippen LogP contribution in [-0.4, -0.2) is 6.61 Å². The molecule has 0 aliphatic heterocycles. The molecular formula is C14H17NOS. The second-order valence-electron chi connectivity index (χ2n) is 4.07. The molecule has 0 amide bonds. The Hall–Kier alpha value is -1.48. The molecule has 0 saturated carbocycles. The predicted molar refractivity (Wildman–Crippen MR) is 74.8 cm³/mol. The fourth-order valence-corrected chi connectivity index (χ4v) is 2.72. The molecule has 17 heavy (non-hydrogen) atoms. The molecule has 1 heterocycles. The van der Waals surface area contributed by atoms with Crippen LogP contribution in [-0.2, 0) is 0 Å². The molecule has 2 rings (SSSR count). The Morgan fingerprint density at radius 1 is 1.18 bits per heavy atom. The van der Waals surface area contributed by atoms with Crippen molar-refractivity contribution in [2.24, 2.45) is 0 Å². The highest BCUT2D eigenvalue weighted by Gasteiger charge is 2.08. The number of thiophene rings is 1. The summed E-state index contributed by atoms with van der Waals surface area (Å²) in [5.74, 6) is 0.971. The number of benzene rings is 1. The van der Waals surface area contributed by atoms with Gasteiger partial charge in [0.25, 0.3) is 0 Å². The van der Waals surface area contributed by atoms with Crippen molar-refractivity contribution in [2.45, 2.75) is 20.8 Å². The van der Waals surface area contributed by atoms with Crippen molar-refractivity contribution in [3.05, 3.63) is 35.4 Å². The molecule has 0 aliphatic carbocycles. The Labute approximate surface area is 106 Å². The lowest BCUT2D eigenvalue weighted by atomic mass is 10.0. The van der Waals surface area contributed by atoms with E-state index in [-0.39, 0.29) is 0 Å². The third-order valence-electron chi connectivity index (χ3n) is 2.71. The number of anilines is 1. The Morgan fingerprint density at radius 2 is 1.94 bits per heavy atom. The Balaban J connectivity index is 2.46. The van der Waals surface area contributed by atoms with Gasteiger partial charge in [-0.15, -0.1) is 11.3 Å². The van der Waals surface area contributed by atoms with E-state index in [1.807, 2.05) is 13.0 Å². The maximum absolute atomic E-state index is 5.78. The lowest BCUT2D eigenvalue weighted by Crippen LogP contribution is -1.95. The van der Waals surface area contributed by atoms with Crippen LogP contribution in [0.3, 0.4) is 0 Å². The third-order valence-corrected chi connectivity index (χ3v) is 3.66. The summed E-state index contributed by atoms with van der Waals surface area (Å²) in [5, 5.41) is 0.853. The van der Waals surface area contributed by atoms with Crippen LogP contribution in [0, 0.1) is 13.8 Å². The van der Waals surface area contributed by atoms with Crippen LogP contribution in [0.1, 0.15) is 18.1 Å². The van der Waals surface area contributed by atoms with Crippen molar-refractivity contribution >= 4 is 16.3 Å². The van der Waals surface area contributed by atoms with E-state index in [4.69, 9.17) is 10.5 Å². The van der Waals surface area contributed by atoms with Crippen LogP contribution in [0.5, 0.6) is 5.75 Å². The summed E-state index contributed by atoms with van der Waals surface area (Å²) in [6.45, 7) is 6.88. The van der Waals surface area contributed by atoms with Crippen molar-refractivity contribution in [1.82, 2.24) is 0 Å². The zero-order valence-corrected chi connectivity index (χ0v) is 11.2. The van der Waals surface area contributed by atoms with Gasteiger partial charge >= 0.3 is 0 Å². The minimum atomic E-state index is 0.700. The second kappa shape index (κ2) is 4.80.